The first kappa shape index (κ1) is 15.9. The Morgan fingerprint density at radius 3 is 2.65 bits per heavy atom. The molecule has 1 saturated heterocycles. The van der Waals surface area contributed by atoms with Crippen LogP contribution in [0, 0.1) is 0 Å². The third-order valence-corrected chi connectivity index (χ3v) is 4.61. The molecule has 7 nitrogen and oxygen atoms in total. The van der Waals surface area contributed by atoms with Crippen molar-refractivity contribution in [3.63, 3.8) is 0 Å². The Morgan fingerprint density at radius 1 is 1.26 bits per heavy atom. The maximum Gasteiger partial charge on any atom is 0.260 e. The van der Waals surface area contributed by atoms with E-state index in [9.17, 15) is 13.2 Å². The van der Waals surface area contributed by atoms with E-state index in [-0.39, 0.29) is 24.1 Å². The summed E-state index contributed by atoms with van der Waals surface area (Å²) in [6.45, 7) is 0.369. The number of benzene rings is 2. The second kappa shape index (κ2) is 5.89. The molecule has 1 fully saturated rings. The summed E-state index contributed by atoms with van der Waals surface area (Å²) in [5, 5.41) is 6.66. The monoisotopic (exact) mass is 336 g/mol. The predicted molar refractivity (Wildman–Crippen MR) is 84.4 cm³/mol. The standard InChI is InChI=1S/C15H16N2O5S/c1-21-8-14-15(18)17(9-22-14)12-4-2-11-7-13(23(16,19)20)5-3-10(11)6-12/h2-7,14H,8-9H2,1H3,(H2,16,19,20). The molecule has 0 bridgehead atoms. The van der Waals surface area contributed by atoms with Gasteiger partial charge in [0.15, 0.2) is 6.10 Å². The first-order valence-corrected chi connectivity index (χ1v) is 8.43. The number of sulfonamides is 1. The first-order chi connectivity index (χ1) is 10.9. The predicted octanol–water partition coefficient (Wildman–Crippen LogP) is 0.823. The van der Waals surface area contributed by atoms with Crippen LogP contribution < -0.4 is 10.0 Å². The molecule has 0 aliphatic carbocycles. The quantitative estimate of drug-likeness (QED) is 0.891. The number of rotatable bonds is 4. The summed E-state index contributed by atoms with van der Waals surface area (Å²) in [7, 11) is -2.23. The van der Waals surface area contributed by atoms with Gasteiger partial charge in [0.25, 0.3) is 5.91 Å². The van der Waals surface area contributed by atoms with Crippen LogP contribution in [0.5, 0.6) is 0 Å². The van der Waals surface area contributed by atoms with Crippen molar-refractivity contribution >= 4 is 32.4 Å². The van der Waals surface area contributed by atoms with E-state index in [0.29, 0.717) is 5.69 Å². The highest BCUT2D eigenvalue weighted by Crippen LogP contribution is 2.27. The fourth-order valence-electron chi connectivity index (χ4n) is 2.50. The van der Waals surface area contributed by atoms with Crippen LogP contribution >= 0.6 is 0 Å². The highest BCUT2D eigenvalue weighted by Gasteiger charge is 2.33. The lowest BCUT2D eigenvalue weighted by atomic mass is 10.1. The molecule has 0 aromatic heterocycles. The number of carbonyl (C=O) groups excluding carboxylic acids is 1. The van der Waals surface area contributed by atoms with E-state index in [4.69, 9.17) is 14.6 Å². The smallest absolute Gasteiger partial charge is 0.260 e. The molecule has 1 atom stereocenters. The van der Waals surface area contributed by atoms with E-state index in [0.717, 1.165) is 10.8 Å². The fraction of sp³-hybridized carbons (Fsp3) is 0.267. The van der Waals surface area contributed by atoms with Crippen molar-refractivity contribution in [1.29, 1.82) is 0 Å². The van der Waals surface area contributed by atoms with E-state index in [2.05, 4.69) is 0 Å². The molecule has 23 heavy (non-hydrogen) atoms. The van der Waals surface area contributed by atoms with Crippen molar-refractivity contribution < 1.29 is 22.7 Å². The zero-order chi connectivity index (χ0) is 16.6. The number of ether oxygens (including phenoxy) is 2. The molecule has 2 aromatic rings. The molecule has 0 saturated carbocycles. The summed E-state index contributed by atoms with van der Waals surface area (Å²) in [6.07, 6.45) is -0.597. The summed E-state index contributed by atoms with van der Waals surface area (Å²) >= 11 is 0. The van der Waals surface area contributed by atoms with Gasteiger partial charge in [0.1, 0.15) is 6.73 Å². The number of methoxy groups -OCH3 is 1. The minimum Gasteiger partial charge on any atom is -0.381 e. The van der Waals surface area contributed by atoms with Gasteiger partial charge in [-0.25, -0.2) is 13.6 Å². The third kappa shape index (κ3) is 3.06. The van der Waals surface area contributed by atoms with E-state index < -0.39 is 16.1 Å². The van der Waals surface area contributed by atoms with Gasteiger partial charge in [0.2, 0.25) is 10.0 Å². The van der Waals surface area contributed by atoms with Crippen molar-refractivity contribution in [2.75, 3.05) is 25.3 Å². The van der Waals surface area contributed by atoms with Gasteiger partial charge in [-0.1, -0.05) is 12.1 Å². The maximum atomic E-state index is 12.2. The number of hydrogen-bond donors (Lipinski definition) is 1. The van der Waals surface area contributed by atoms with Crippen molar-refractivity contribution in [2.24, 2.45) is 5.14 Å². The van der Waals surface area contributed by atoms with Gasteiger partial charge in [0, 0.05) is 12.8 Å². The van der Waals surface area contributed by atoms with Crippen molar-refractivity contribution in [3.8, 4) is 0 Å². The Kier molecular flexibility index (Phi) is 4.07. The van der Waals surface area contributed by atoms with Gasteiger partial charge in [-0.3, -0.25) is 9.69 Å². The Labute approximate surface area is 133 Å². The summed E-state index contributed by atoms with van der Waals surface area (Å²) in [5.74, 6) is -0.160. The molecule has 0 spiro atoms. The molecule has 1 aliphatic heterocycles. The van der Waals surface area contributed by atoms with Crippen molar-refractivity contribution in [2.45, 2.75) is 11.0 Å². The second-order valence-electron chi connectivity index (χ2n) is 5.24. The van der Waals surface area contributed by atoms with Crippen LogP contribution in [0.3, 0.4) is 0 Å². The SMILES string of the molecule is COCC1OCN(c2ccc3cc(S(N)(=O)=O)ccc3c2)C1=O. The summed E-state index contributed by atoms with van der Waals surface area (Å²) in [4.78, 5) is 13.8. The number of primary sulfonamides is 1. The molecule has 2 aromatic carbocycles. The largest absolute Gasteiger partial charge is 0.381 e. The van der Waals surface area contributed by atoms with Crippen LogP contribution in [0.15, 0.2) is 41.3 Å². The molecule has 1 heterocycles. The lowest BCUT2D eigenvalue weighted by molar-refractivity contribution is -0.124. The number of nitrogens with two attached hydrogens (primary N) is 1. The zero-order valence-corrected chi connectivity index (χ0v) is 13.2. The molecule has 0 radical (unpaired) electrons. The van der Waals surface area contributed by atoms with Gasteiger partial charge in [-0.05, 0) is 35.0 Å². The molecular weight excluding hydrogens is 320 g/mol. The van der Waals surface area contributed by atoms with Gasteiger partial charge in [0.05, 0.1) is 11.5 Å². The van der Waals surface area contributed by atoms with E-state index in [1.807, 2.05) is 0 Å². The van der Waals surface area contributed by atoms with Gasteiger partial charge >= 0.3 is 0 Å². The molecule has 8 heteroatoms. The Balaban J connectivity index is 1.94. The molecule has 1 amide bonds. The minimum atomic E-state index is -3.74. The summed E-state index contributed by atoms with van der Waals surface area (Å²) < 4.78 is 33.1. The average Bonchev–Trinajstić information content (AvgIpc) is 2.87. The van der Waals surface area contributed by atoms with Gasteiger partial charge in [-0.15, -0.1) is 0 Å². The Bertz CT molecular complexity index is 865. The normalized spacial score (nSPS) is 18.8. The molecule has 1 aliphatic rings. The van der Waals surface area contributed by atoms with Crippen LogP contribution in [-0.2, 0) is 24.3 Å². The maximum absolute atomic E-state index is 12.2. The van der Waals surface area contributed by atoms with Gasteiger partial charge < -0.3 is 9.47 Å². The molecule has 3 rings (SSSR count). The van der Waals surface area contributed by atoms with Crippen LogP contribution in [0.4, 0.5) is 5.69 Å². The number of carbonyl (C=O) groups is 1. The lowest BCUT2D eigenvalue weighted by Crippen LogP contribution is -2.31. The lowest BCUT2D eigenvalue weighted by Gasteiger charge is -2.15. The second-order valence-corrected chi connectivity index (χ2v) is 6.81. The van der Waals surface area contributed by atoms with Gasteiger partial charge in [-0.2, -0.15) is 0 Å². The van der Waals surface area contributed by atoms with Crippen LogP contribution in [-0.4, -0.2) is 40.9 Å². The average molecular weight is 336 g/mol. The number of amides is 1. The van der Waals surface area contributed by atoms with Crippen LogP contribution in [0.1, 0.15) is 0 Å². The highest BCUT2D eigenvalue weighted by atomic mass is 32.2. The number of nitrogens with zero attached hydrogens (tertiary/aromatic N) is 1. The first-order valence-electron chi connectivity index (χ1n) is 6.89. The zero-order valence-electron chi connectivity index (χ0n) is 12.4. The topological polar surface area (TPSA) is 98.9 Å². The Hall–Kier alpha value is -2.00. The van der Waals surface area contributed by atoms with E-state index in [1.165, 1.54) is 24.1 Å². The highest BCUT2D eigenvalue weighted by molar-refractivity contribution is 7.89. The van der Waals surface area contributed by atoms with Crippen LogP contribution in [0.25, 0.3) is 10.8 Å². The molecule has 122 valence electrons. The fourth-order valence-corrected chi connectivity index (χ4v) is 3.05. The summed E-state index contributed by atoms with van der Waals surface area (Å²) in [5.41, 5.74) is 0.685. The number of hydrogen-bond acceptors (Lipinski definition) is 5. The molecule has 2 N–H and O–H groups in total. The van der Waals surface area contributed by atoms with Crippen LogP contribution in [0.2, 0.25) is 0 Å². The van der Waals surface area contributed by atoms with E-state index >= 15 is 0 Å². The third-order valence-electron chi connectivity index (χ3n) is 3.70. The number of fused-ring (bicyclic) bond motifs is 1. The summed E-state index contributed by atoms with van der Waals surface area (Å²) in [6, 6.07) is 9.90. The minimum absolute atomic E-state index is 0.0542. The molecular formula is C15H16N2O5S. The van der Waals surface area contributed by atoms with Crippen molar-refractivity contribution in [3.05, 3.63) is 36.4 Å². The van der Waals surface area contributed by atoms with E-state index in [1.54, 1.807) is 24.3 Å². The number of anilines is 1. The van der Waals surface area contributed by atoms with Crippen molar-refractivity contribution in [1.82, 2.24) is 0 Å². The molecule has 1 unspecified atom stereocenters. The Morgan fingerprint density at radius 2 is 1.96 bits per heavy atom.